The lowest BCUT2D eigenvalue weighted by atomic mass is 9.82. The van der Waals surface area contributed by atoms with Crippen molar-refractivity contribution in [2.75, 3.05) is 0 Å². The first kappa shape index (κ1) is 12.9. The van der Waals surface area contributed by atoms with Crippen LogP contribution in [-0.2, 0) is 9.59 Å². The number of carbonyl (C=O) groups excluding carboxylic acids is 3. The van der Waals surface area contributed by atoms with E-state index in [4.69, 9.17) is 0 Å². The molecule has 0 radical (unpaired) electrons. The first-order chi connectivity index (χ1) is 8.46. The quantitative estimate of drug-likeness (QED) is 0.718. The Kier molecular flexibility index (Phi) is 3.28. The Balaban J connectivity index is 2.11. The van der Waals surface area contributed by atoms with Gasteiger partial charge in [0.1, 0.15) is 5.54 Å². The molecule has 1 aliphatic heterocycles. The lowest BCUT2D eigenvalue weighted by Gasteiger charge is -2.30. The number of amides is 4. The molecule has 18 heavy (non-hydrogen) atoms. The Bertz CT molecular complexity index is 386. The minimum Gasteiger partial charge on any atom is -0.322 e. The molecule has 0 bridgehead atoms. The monoisotopic (exact) mass is 253 g/mol. The van der Waals surface area contributed by atoms with Gasteiger partial charge < -0.3 is 5.32 Å². The van der Waals surface area contributed by atoms with E-state index in [1.165, 1.54) is 0 Å². The zero-order valence-corrected chi connectivity index (χ0v) is 10.8. The van der Waals surface area contributed by atoms with E-state index in [1.807, 2.05) is 0 Å². The predicted octanol–water partition coefficient (Wildman–Crippen LogP) is 0.928. The molecule has 2 fully saturated rings. The van der Waals surface area contributed by atoms with Crippen molar-refractivity contribution in [3.05, 3.63) is 0 Å². The van der Waals surface area contributed by atoms with E-state index in [9.17, 15) is 14.4 Å². The molecule has 0 aromatic heterocycles. The molecule has 4 amide bonds. The molecule has 1 spiro atoms. The Morgan fingerprint density at radius 2 is 1.89 bits per heavy atom. The van der Waals surface area contributed by atoms with Gasteiger partial charge in [-0.3, -0.25) is 15.0 Å². The summed E-state index contributed by atoms with van der Waals surface area (Å²) in [5.41, 5.74) is 1.60. The molecular formula is C12H19N3O3. The molecule has 2 N–H and O–H groups in total. The lowest BCUT2D eigenvalue weighted by Crippen LogP contribution is -2.51. The fraction of sp³-hybridized carbons (Fsp3) is 0.750. The van der Waals surface area contributed by atoms with E-state index in [1.54, 1.807) is 13.8 Å². The molecule has 0 atom stereocenters. The normalized spacial score (nSPS) is 22.5. The van der Waals surface area contributed by atoms with Gasteiger partial charge in [0.05, 0.1) is 0 Å². The standard InChI is InChI=1S/C12H19N3O3/c1-8(2)9(16)14-15-10(17)12(13-11(15)18)6-4-3-5-7-12/h8H,3-7H2,1-2H3,(H,13,18)(H,14,16). The Hall–Kier alpha value is -1.59. The van der Waals surface area contributed by atoms with E-state index < -0.39 is 11.6 Å². The van der Waals surface area contributed by atoms with Gasteiger partial charge in [-0.15, -0.1) is 0 Å². The van der Waals surface area contributed by atoms with Crippen LogP contribution in [0.2, 0.25) is 0 Å². The zero-order valence-electron chi connectivity index (χ0n) is 10.8. The van der Waals surface area contributed by atoms with Crippen LogP contribution in [0, 0.1) is 5.92 Å². The van der Waals surface area contributed by atoms with E-state index in [0.717, 1.165) is 24.3 Å². The van der Waals surface area contributed by atoms with Crippen molar-refractivity contribution in [3.8, 4) is 0 Å². The summed E-state index contributed by atoms with van der Waals surface area (Å²) in [6.07, 6.45) is 4.26. The molecule has 2 rings (SSSR count). The van der Waals surface area contributed by atoms with Gasteiger partial charge in [0.15, 0.2) is 0 Å². The summed E-state index contributed by atoms with van der Waals surface area (Å²) in [6, 6.07) is -0.518. The fourth-order valence-corrected chi connectivity index (χ4v) is 2.46. The van der Waals surface area contributed by atoms with Crippen molar-refractivity contribution in [1.82, 2.24) is 15.8 Å². The summed E-state index contributed by atoms with van der Waals surface area (Å²) in [6.45, 7) is 3.42. The van der Waals surface area contributed by atoms with Crippen molar-refractivity contribution in [3.63, 3.8) is 0 Å². The molecule has 1 saturated heterocycles. The van der Waals surface area contributed by atoms with Gasteiger partial charge in [0.2, 0.25) is 5.91 Å². The molecule has 1 aliphatic carbocycles. The Morgan fingerprint density at radius 3 is 2.44 bits per heavy atom. The maximum atomic E-state index is 12.3. The smallest absolute Gasteiger partial charge is 0.322 e. The molecule has 1 saturated carbocycles. The predicted molar refractivity (Wildman–Crippen MR) is 64.2 cm³/mol. The van der Waals surface area contributed by atoms with Crippen LogP contribution in [0.15, 0.2) is 0 Å². The summed E-state index contributed by atoms with van der Waals surface area (Å²) < 4.78 is 0. The van der Waals surface area contributed by atoms with Crippen molar-refractivity contribution < 1.29 is 14.4 Å². The molecule has 6 heteroatoms. The topological polar surface area (TPSA) is 78.5 Å². The molecular weight excluding hydrogens is 234 g/mol. The van der Waals surface area contributed by atoms with Gasteiger partial charge in [0, 0.05) is 5.92 Å². The number of hydrogen-bond acceptors (Lipinski definition) is 3. The first-order valence-electron chi connectivity index (χ1n) is 6.43. The van der Waals surface area contributed by atoms with E-state index in [-0.39, 0.29) is 17.7 Å². The highest BCUT2D eigenvalue weighted by atomic mass is 16.2. The highest BCUT2D eigenvalue weighted by molar-refractivity contribution is 6.08. The summed E-state index contributed by atoms with van der Waals surface area (Å²) in [4.78, 5) is 35.7. The summed E-state index contributed by atoms with van der Waals surface area (Å²) in [7, 11) is 0. The highest BCUT2D eigenvalue weighted by Crippen LogP contribution is 2.32. The van der Waals surface area contributed by atoms with Gasteiger partial charge in [0.25, 0.3) is 5.91 Å². The minimum atomic E-state index is -0.778. The lowest BCUT2D eigenvalue weighted by molar-refractivity contribution is -0.140. The third-order valence-corrected chi connectivity index (χ3v) is 3.62. The van der Waals surface area contributed by atoms with Crippen molar-refractivity contribution >= 4 is 17.8 Å². The maximum Gasteiger partial charge on any atom is 0.344 e. The van der Waals surface area contributed by atoms with Crippen LogP contribution in [0.5, 0.6) is 0 Å². The van der Waals surface area contributed by atoms with Crippen molar-refractivity contribution in [2.45, 2.75) is 51.5 Å². The Labute approximate surface area is 106 Å². The molecule has 1 heterocycles. The largest absolute Gasteiger partial charge is 0.344 e. The zero-order chi connectivity index (χ0) is 13.3. The summed E-state index contributed by atoms with van der Waals surface area (Å²) in [5, 5.41) is 3.58. The van der Waals surface area contributed by atoms with Crippen LogP contribution in [-0.4, -0.2) is 28.4 Å². The van der Waals surface area contributed by atoms with Crippen LogP contribution in [0.25, 0.3) is 0 Å². The molecule has 0 aromatic carbocycles. The molecule has 2 aliphatic rings. The molecule has 100 valence electrons. The number of imide groups is 1. The second-order valence-electron chi connectivity index (χ2n) is 5.34. The van der Waals surface area contributed by atoms with Crippen LogP contribution in [0.3, 0.4) is 0 Å². The SMILES string of the molecule is CC(C)C(=O)NN1C(=O)NC2(CCCCC2)C1=O. The van der Waals surface area contributed by atoms with E-state index in [0.29, 0.717) is 12.8 Å². The van der Waals surface area contributed by atoms with Gasteiger partial charge >= 0.3 is 6.03 Å². The van der Waals surface area contributed by atoms with Crippen LogP contribution < -0.4 is 10.7 Å². The Morgan fingerprint density at radius 1 is 1.28 bits per heavy atom. The molecule has 0 unspecified atom stereocenters. The maximum absolute atomic E-state index is 12.3. The second-order valence-corrected chi connectivity index (χ2v) is 5.34. The van der Waals surface area contributed by atoms with E-state index >= 15 is 0 Å². The van der Waals surface area contributed by atoms with Gasteiger partial charge in [-0.1, -0.05) is 33.1 Å². The second kappa shape index (κ2) is 4.59. The summed E-state index contributed by atoms with van der Waals surface area (Å²) >= 11 is 0. The van der Waals surface area contributed by atoms with Crippen LogP contribution in [0.1, 0.15) is 46.0 Å². The highest BCUT2D eigenvalue weighted by Gasteiger charge is 2.52. The molecule has 0 aromatic rings. The van der Waals surface area contributed by atoms with Gasteiger partial charge in [-0.2, -0.15) is 5.01 Å². The number of urea groups is 1. The first-order valence-corrected chi connectivity index (χ1v) is 6.43. The number of rotatable bonds is 2. The number of carbonyl (C=O) groups is 3. The third-order valence-electron chi connectivity index (χ3n) is 3.62. The van der Waals surface area contributed by atoms with Crippen molar-refractivity contribution in [1.29, 1.82) is 0 Å². The van der Waals surface area contributed by atoms with Crippen LogP contribution in [0.4, 0.5) is 4.79 Å². The van der Waals surface area contributed by atoms with Crippen molar-refractivity contribution in [2.24, 2.45) is 5.92 Å². The van der Waals surface area contributed by atoms with E-state index in [2.05, 4.69) is 10.7 Å². The fourth-order valence-electron chi connectivity index (χ4n) is 2.46. The van der Waals surface area contributed by atoms with Gasteiger partial charge in [-0.05, 0) is 12.8 Å². The average Bonchev–Trinajstić information content (AvgIpc) is 2.55. The molecule has 6 nitrogen and oxygen atoms in total. The minimum absolute atomic E-state index is 0.270. The number of hydrazine groups is 1. The average molecular weight is 253 g/mol. The van der Waals surface area contributed by atoms with Crippen LogP contribution >= 0.6 is 0 Å². The summed E-state index contributed by atoms with van der Waals surface area (Å²) in [5.74, 6) is -0.916. The number of nitrogens with zero attached hydrogens (tertiary/aromatic N) is 1. The number of hydrogen-bond donors (Lipinski definition) is 2. The number of nitrogens with one attached hydrogen (secondary N) is 2. The third kappa shape index (κ3) is 2.07. The van der Waals surface area contributed by atoms with Gasteiger partial charge in [-0.25, -0.2) is 4.79 Å².